The van der Waals surface area contributed by atoms with Crippen LogP contribution in [0.25, 0.3) is 0 Å². The SMILES string of the molecule is CCCCCOc1cc(N2CC(=O)CN(Cc3ccc(Br)cc3OC)C2=O)ccc1OC. The summed E-state index contributed by atoms with van der Waals surface area (Å²) in [5.41, 5.74) is 1.43. The first kappa shape index (κ1) is 23.9. The Kier molecular flexibility index (Phi) is 8.39. The molecule has 172 valence electrons. The van der Waals surface area contributed by atoms with Gasteiger partial charge in [0.1, 0.15) is 5.75 Å². The number of carbonyl (C=O) groups is 2. The average Bonchev–Trinajstić information content (AvgIpc) is 2.79. The number of rotatable bonds is 10. The molecule has 32 heavy (non-hydrogen) atoms. The molecular formula is C24H29BrN2O5. The van der Waals surface area contributed by atoms with Crippen molar-refractivity contribution >= 4 is 33.4 Å². The van der Waals surface area contributed by atoms with E-state index in [1.807, 2.05) is 18.2 Å². The van der Waals surface area contributed by atoms with Crippen molar-refractivity contribution < 1.29 is 23.8 Å². The number of hydrogen-bond donors (Lipinski definition) is 0. The van der Waals surface area contributed by atoms with Crippen LogP contribution in [0.1, 0.15) is 31.7 Å². The van der Waals surface area contributed by atoms with Crippen molar-refractivity contribution in [3.05, 3.63) is 46.4 Å². The van der Waals surface area contributed by atoms with Gasteiger partial charge in [0, 0.05) is 21.8 Å². The van der Waals surface area contributed by atoms with Gasteiger partial charge in [0.05, 0.1) is 40.5 Å². The molecule has 1 aliphatic rings. The predicted octanol–water partition coefficient (Wildman–Crippen LogP) is 5.05. The van der Waals surface area contributed by atoms with Crippen molar-refractivity contribution in [1.29, 1.82) is 0 Å². The second-order valence-corrected chi connectivity index (χ2v) is 8.53. The minimum atomic E-state index is -0.239. The topological polar surface area (TPSA) is 68.3 Å². The third-order valence-corrected chi connectivity index (χ3v) is 5.77. The molecule has 0 atom stereocenters. The maximum atomic E-state index is 13.3. The predicted molar refractivity (Wildman–Crippen MR) is 127 cm³/mol. The standard InChI is InChI=1S/C24H29BrN2O5/c1-4-5-6-11-32-23-13-19(9-10-21(23)30-2)27-16-20(28)15-26(24(27)29)14-17-7-8-18(25)12-22(17)31-3/h7-10,12-13H,4-6,11,14-16H2,1-3H3. The molecule has 3 rings (SSSR count). The molecule has 0 bridgehead atoms. The average molecular weight is 505 g/mol. The fourth-order valence-electron chi connectivity index (χ4n) is 3.61. The van der Waals surface area contributed by atoms with E-state index in [2.05, 4.69) is 22.9 Å². The summed E-state index contributed by atoms with van der Waals surface area (Å²) in [5, 5.41) is 0. The Bertz CT molecular complexity index is 965. The minimum Gasteiger partial charge on any atom is -0.496 e. The van der Waals surface area contributed by atoms with Crippen molar-refractivity contribution in [1.82, 2.24) is 4.90 Å². The molecule has 0 saturated carbocycles. The number of unbranched alkanes of at least 4 members (excludes halogenated alkanes) is 2. The number of ketones is 1. The quantitative estimate of drug-likeness (QED) is 0.423. The fourth-order valence-corrected chi connectivity index (χ4v) is 3.95. The molecule has 1 saturated heterocycles. The first-order chi connectivity index (χ1) is 15.5. The van der Waals surface area contributed by atoms with E-state index in [-0.39, 0.29) is 31.4 Å². The molecule has 0 unspecified atom stereocenters. The van der Waals surface area contributed by atoms with Crippen LogP contribution in [0.5, 0.6) is 17.2 Å². The zero-order valence-corrected chi connectivity index (χ0v) is 20.3. The lowest BCUT2D eigenvalue weighted by atomic mass is 10.1. The van der Waals surface area contributed by atoms with Crippen molar-refractivity contribution in [2.45, 2.75) is 32.7 Å². The second kappa shape index (κ2) is 11.2. The molecule has 0 aromatic heterocycles. The molecule has 0 N–H and O–H groups in total. The Balaban J connectivity index is 1.81. The van der Waals surface area contributed by atoms with Gasteiger partial charge in [-0.05, 0) is 30.7 Å². The van der Waals surface area contributed by atoms with Crippen molar-refractivity contribution in [3.8, 4) is 17.2 Å². The van der Waals surface area contributed by atoms with Gasteiger partial charge in [0.25, 0.3) is 0 Å². The highest BCUT2D eigenvalue weighted by molar-refractivity contribution is 9.10. The number of benzene rings is 2. The van der Waals surface area contributed by atoms with E-state index in [0.717, 1.165) is 29.3 Å². The van der Waals surface area contributed by atoms with E-state index < -0.39 is 0 Å². The van der Waals surface area contributed by atoms with Crippen molar-refractivity contribution in [2.24, 2.45) is 0 Å². The van der Waals surface area contributed by atoms with Crippen LogP contribution in [0, 0.1) is 0 Å². The largest absolute Gasteiger partial charge is 0.496 e. The summed E-state index contributed by atoms with van der Waals surface area (Å²) < 4.78 is 17.6. The molecule has 1 fully saturated rings. The molecule has 0 aliphatic carbocycles. The third kappa shape index (κ3) is 5.73. The molecular weight excluding hydrogens is 476 g/mol. The van der Waals surface area contributed by atoms with Crippen LogP contribution in [0.2, 0.25) is 0 Å². The Hall–Kier alpha value is -2.74. The normalized spacial score (nSPS) is 14.0. The summed E-state index contributed by atoms with van der Waals surface area (Å²) in [5.74, 6) is 1.77. The number of methoxy groups -OCH3 is 2. The lowest BCUT2D eigenvalue weighted by molar-refractivity contribution is -0.119. The molecule has 0 spiro atoms. The van der Waals surface area contributed by atoms with E-state index in [1.165, 1.54) is 9.80 Å². The van der Waals surface area contributed by atoms with Gasteiger partial charge in [0.2, 0.25) is 0 Å². The number of ether oxygens (including phenoxy) is 3. The molecule has 1 aliphatic heterocycles. The molecule has 8 heteroatoms. The molecule has 0 radical (unpaired) electrons. The minimum absolute atomic E-state index is 0.0222. The van der Waals surface area contributed by atoms with Crippen LogP contribution in [0.15, 0.2) is 40.9 Å². The van der Waals surface area contributed by atoms with Crippen molar-refractivity contribution in [2.75, 3.05) is 38.8 Å². The number of urea groups is 1. The lowest BCUT2D eigenvalue weighted by Crippen LogP contribution is -2.53. The molecule has 2 aromatic carbocycles. The van der Waals surface area contributed by atoms with E-state index in [1.54, 1.807) is 32.4 Å². The van der Waals surface area contributed by atoms with Gasteiger partial charge in [0.15, 0.2) is 17.3 Å². The summed E-state index contributed by atoms with van der Waals surface area (Å²) in [6.45, 7) is 3.05. The summed E-state index contributed by atoms with van der Waals surface area (Å²) >= 11 is 3.42. The van der Waals surface area contributed by atoms with Crippen LogP contribution in [-0.2, 0) is 11.3 Å². The number of amides is 2. The number of hydrogen-bond acceptors (Lipinski definition) is 5. The van der Waals surface area contributed by atoms with Crippen LogP contribution in [0.4, 0.5) is 10.5 Å². The fraction of sp³-hybridized carbons (Fsp3) is 0.417. The Labute approximate surface area is 197 Å². The van der Waals surface area contributed by atoms with Gasteiger partial charge in [-0.3, -0.25) is 9.69 Å². The van der Waals surface area contributed by atoms with E-state index in [0.29, 0.717) is 29.5 Å². The highest BCUT2D eigenvalue weighted by Crippen LogP contribution is 2.33. The maximum Gasteiger partial charge on any atom is 0.325 e. The Morgan fingerprint density at radius 2 is 1.72 bits per heavy atom. The Morgan fingerprint density at radius 3 is 2.44 bits per heavy atom. The number of halogens is 1. The van der Waals surface area contributed by atoms with E-state index >= 15 is 0 Å². The van der Waals surface area contributed by atoms with Gasteiger partial charge >= 0.3 is 6.03 Å². The van der Waals surface area contributed by atoms with Crippen LogP contribution in [0.3, 0.4) is 0 Å². The highest BCUT2D eigenvalue weighted by atomic mass is 79.9. The first-order valence-electron chi connectivity index (χ1n) is 10.7. The maximum absolute atomic E-state index is 13.3. The van der Waals surface area contributed by atoms with E-state index in [4.69, 9.17) is 14.2 Å². The van der Waals surface area contributed by atoms with Crippen LogP contribution < -0.4 is 19.1 Å². The number of carbonyl (C=O) groups excluding carboxylic acids is 2. The summed E-state index contributed by atoms with van der Waals surface area (Å²) in [6, 6.07) is 10.7. The summed E-state index contributed by atoms with van der Waals surface area (Å²) in [6.07, 6.45) is 3.12. The highest BCUT2D eigenvalue weighted by Gasteiger charge is 2.32. The summed E-state index contributed by atoms with van der Waals surface area (Å²) in [4.78, 5) is 28.8. The van der Waals surface area contributed by atoms with Gasteiger partial charge in [-0.1, -0.05) is 41.8 Å². The van der Waals surface area contributed by atoms with Crippen LogP contribution >= 0.6 is 15.9 Å². The van der Waals surface area contributed by atoms with Gasteiger partial charge in [-0.15, -0.1) is 0 Å². The second-order valence-electron chi connectivity index (χ2n) is 7.61. The van der Waals surface area contributed by atoms with Gasteiger partial charge in [-0.25, -0.2) is 4.79 Å². The third-order valence-electron chi connectivity index (χ3n) is 5.28. The molecule has 7 nitrogen and oxygen atoms in total. The number of anilines is 1. The lowest BCUT2D eigenvalue weighted by Gasteiger charge is -2.35. The number of Topliss-reactive ketones (excluding diaryl/α,β-unsaturated/α-hetero) is 1. The van der Waals surface area contributed by atoms with Gasteiger partial charge in [-0.2, -0.15) is 0 Å². The Morgan fingerprint density at radius 1 is 0.938 bits per heavy atom. The van der Waals surface area contributed by atoms with Crippen molar-refractivity contribution in [3.63, 3.8) is 0 Å². The monoisotopic (exact) mass is 504 g/mol. The van der Waals surface area contributed by atoms with E-state index in [9.17, 15) is 9.59 Å². The molecule has 1 heterocycles. The van der Waals surface area contributed by atoms with Crippen LogP contribution in [-0.4, -0.2) is 50.6 Å². The number of nitrogens with zero attached hydrogens (tertiary/aromatic N) is 2. The zero-order valence-electron chi connectivity index (χ0n) is 18.7. The first-order valence-corrected chi connectivity index (χ1v) is 11.5. The molecule has 2 amide bonds. The zero-order chi connectivity index (χ0) is 23.1. The summed E-state index contributed by atoms with van der Waals surface area (Å²) in [7, 11) is 3.16. The smallest absolute Gasteiger partial charge is 0.325 e. The molecule has 2 aromatic rings. The van der Waals surface area contributed by atoms with Gasteiger partial charge < -0.3 is 19.1 Å².